The van der Waals surface area contributed by atoms with Crippen LogP contribution in [0.15, 0.2) is 6.07 Å². The zero-order chi connectivity index (χ0) is 27.2. The average Bonchev–Trinajstić information content (AvgIpc) is 2.78. The minimum Gasteiger partial charge on any atom is -0.300 e. The van der Waals surface area contributed by atoms with E-state index in [9.17, 15) is 19.2 Å². The fraction of sp³-hybridized carbons (Fsp3) is 0.688. The molecule has 0 spiro atoms. The first-order valence-electron chi connectivity index (χ1n) is 14.1. The van der Waals surface area contributed by atoms with E-state index in [0.29, 0.717) is 31.1 Å². The van der Waals surface area contributed by atoms with Gasteiger partial charge in [-0.3, -0.25) is 14.4 Å². The van der Waals surface area contributed by atoms with Crippen LogP contribution in [0.2, 0.25) is 0 Å². The monoisotopic (exact) mass is 496 g/mol. The van der Waals surface area contributed by atoms with E-state index >= 15 is 0 Å². The molecule has 36 heavy (non-hydrogen) atoms. The lowest BCUT2D eigenvalue weighted by molar-refractivity contribution is -0.130. The van der Waals surface area contributed by atoms with Gasteiger partial charge in [0.15, 0.2) is 5.78 Å². The molecule has 4 nitrogen and oxygen atoms in total. The molecule has 0 aliphatic heterocycles. The van der Waals surface area contributed by atoms with Gasteiger partial charge in [0.05, 0.1) is 6.42 Å². The van der Waals surface area contributed by atoms with E-state index in [-0.39, 0.29) is 47.3 Å². The van der Waals surface area contributed by atoms with Crippen molar-refractivity contribution in [3.63, 3.8) is 0 Å². The third kappa shape index (κ3) is 7.23. The summed E-state index contributed by atoms with van der Waals surface area (Å²) in [5, 5.41) is 0. The second-order valence-electron chi connectivity index (χ2n) is 11.5. The Labute approximate surface area is 219 Å². The fourth-order valence-electron chi connectivity index (χ4n) is 6.78. The predicted octanol–water partition coefficient (Wildman–Crippen LogP) is 7.09. The summed E-state index contributed by atoms with van der Waals surface area (Å²) in [4.78, 5) is 50.1. The van der Waals surface area contributed by atoms with Crippen molar-refractivity contribution < 1.29 is 19.2 Å². The molecule has 1 aliphatic rings. The van der Waals surface area contributed by atoms with Gasteiger partial charge < -0.3 is 4.79 Å². The van der Waals surface area contributed by atoms with Crippen LogP contribution in [0.1, 0.15) is 120 Å². The normalized spacial score (nSPS) is 18.0. The van der Waals surface area contributed by atoms with Gasteiger partial charge in [-0.05, 0) is 98.8 Å². The molecule has 1 aromatic carbocycles. The number of hydrogen-bond donors (Lipinski definition) is 0. The van der Waals surface area contributed by atoms with E-state index in [0.717, 1.165) is 48.8 Å². The van der Waals surface area contributed by atoms with Gasteiger partial charge >= 0.3 is 0 Å². The fourth-order valence-corrected chi connectivity index (χ4v) is 6.78. The standard InChI is InChI=1S/C32H48O4/c1-9-24-18-25(13-12-20(6)33)22(8)32-28(24)15-23(17-31(32)36)16-29(26(10-2)19(4)5)27(11-3)30(35)14-21(7)34/h18-19,23,26-27,29H,9-17H2,1-8H3. The van der Waals surface area contributed by atoms with Crippen molar-refractivity contribution in [2.24, 2.45) is 29.6 Å². The van der Waals surface area contributed by atoms with Crippen molar-refractivity contribution in [2.75, 3.05) is 0 Å². The van der Waals surface area contributed by atoms with Crippen LogP contribution in [0.4, 0.5) is 0 Å². The van der Waals surface area contributed by atoms with Gasteiger partial charge in [-0.2, -0.15) is 0 Å². The number of Topliss-reactive ketones (excluding diaryl/α,β-unsaturated/α-hetero) is 4. The van der Waals surface area contributed by atoms with Crippen LogP contribution < -0.4 is 0 Å². The Morgan fingerprint density at radius 3 is 2.11 bits per heavy atom. The quantitative estimate of drug-likeness (QED) is 0.258. The third-order valence-corrected chi connectivity index (χ3v) is 8.54. The zero-order valence-corrected chi connectivity index (χ0v) is 24.0. The lowest BCUT2D eigenvalue weighted by Crippen LogP contribution is -2.35. The van der Waals surface area contributed by atoms with E-state index in [2.05, 4.69) is 40.7 Å². The highest BCUT2D eigenvalue weighted by Crippen LogP contribution is 2.42. The van der Waals surface area contributed by atoms with Crippen LogP contribution in [0.5, 0.6) is 0 Å². The molecule has 0 radical (unpaired) electrons. The topological polar surface area (TPSA) is 68.3 Å². The second-order valence-corrected chi connectivity index (χ2v) is 11.5. The van der Waals surface area contributed by atoms with E-state index < -0.39 is 0 Å². The van der Waals surface area contributed by atoms with Crippen LogP contribution in [0, 0.1) is 36.5 Å². The van der Waals surface area contributed by atoms with E-state index in [4.69, 9.17) is 0 Å². The Kier molecular flexibility index (Phi) is 11.3. The molecule has 0 heterocycles. The predicted molar refractivity (Wildman–Crippen MR) is 147 cm³/mol. The molecule has 4 atom stereocenters. The summed E-state index contributed by atoms with van der Waals surface area (Å²) in [6, 6.07) is 2.22. The van der Waals surface area contributed by atoms with Gasteiger partial charge in [-0.15, -0.1) is 0 Å². The van der Waals surface area contributed by atoms with Gasteiger partial charge in [0.1, 0.15) is 17.3 Å². The van der Waals surface area contributed by atoms with E-state index in [1.54, 1.807) is 6.92 Å². The van der Waals surface area contributed by atoms with Crippen LogP contribution in [0.25, 0.3) is 0 Å². The van der Waals surface area contributed by atoms with Crippen molar-refractivity contribution in [3.05, 3.63) is 33.9 Å². The Morgan fingerprint density at radius 1 is 0.944 bits per heavy atom. The maximum absolute atomic E-state index is 13.6. The Balaban J connectivity index is 2.44. The smallest absolute Gasteiger partial charge is 0.163 e. The number of carbonyl (C=O) groups is 4. The van der Waals surface area contributed by atoms with Crippen molar-refractivity contribution in [1.29, 1.82) is 0 Å². The molecular formula is C32H48O4. The number of hydrogen-bond acceptors (Lipinski definition) is 4. The van der Waals surface area contributed by atoms with Crippen LogP contribution in [-0.2, 0) is 33.6 Å². The number of benzene rings is 1. The van der Waals surface area contributed by atoms with Crippen molar-refractivity contribution >= 4 is 23.1 Å². The summed E-state index contributed by atoms with van der Waals surface area (Å²) in [5.41, 5.74) is 5.45. The van der Waals surface area contributed by atoms with Gasteiger partial charge in [0, 0.05) is 24.3 Å². The van der Waals surface area contributed by atoms with Gasteiger partial charge in [0.2, 0.25) is 0 Å². The molecule has 200 valence electrons. The van der Waals surface area contributed by atoms with Crippen molar-refractivity contribution in [2.45, 2.75) is 113 Å². The Hall–Kier alpha value is -2.10. The summed E-state index contributed by atoms with van der Waals surface area (Å²) >= 11 is 0. The summed E-state index contributed by atoms with van der Waals surface area (Å²) in [6.07, 6.45) is 5.99. The van der Waals surface area contributed by atoms with Crippen LogP contribution in [-0.4, -0.2) is 23.1 Å². The second kappa shape index (κ2) is 13.4. The molecule has 0 saturated heterocycles. The highest BCUT2D eigenvalue weighted by Gasteiger charge is 2.38. The first kappa shape index (κ1) is 30.1. The maximum atomic E-state index is 13.6. The summed E-state index contributed by atoms with van der Waals surface area (Å²) in [6.45, 7) is 16.0. The number of carbonyl (C=O) groups excluding carboxylic acids is 4. The van der Waals surface area contributed by atoms with E-state index in [1.807, 2.05) is 6.92 Å². The number of fused-ring (bicyclic) bond motifs is 1. The average molecular weight is 497 g/mol. The molecule has 0 fully saturated rings. The first-order chi connectivity index (χ1) is 16.9. The van der Waals surface area contributed by atoms with E-state index in [1.165, 1.54) is 18.1 Å². The SMILES string of the molecule is CCc1cc(CCC(C)=O)c(C)c2c1CC(CC(C(CC)C(=O)CC(C)=O)C(CC)C(C)C)CC2=O. The molecule has 1 aliphatic carbocycles. The molecular weight excluding hydrogens is 448 g/mol. The highest BCUT2D eigenvalue weighted by atomic mass is 16.1. The lowest BCUT2D eigenvalue weighted by atomic mass is 9.65. The lowest BCUT2D eigenvalue weighted by Gasteiger charge is -2.38. The van der Waals surface area contributed by atoms with Gasteiger partial charge in [0.25, 0.3) is 0 Å². The third-order valence-electron chi connectivity index (χ3n) is 8.54. The molecule has 0 N–H and O–H groups in total. The van der Waals surface area contributed by atoms with Crippen molar-refractivity contribution in [3.8, 4) is 0 Å². The molecule has 0 saturated carbocycles. The first-order valence-corrected chi connectivity index (χ1v) is 14.1. The molecule has 2 rings (SSSR count). The number of ketones is 4. The number of aryl methyl sites for hydroxylation is 2. The Bertz CT molecular complexity index is 971. The summed E-state index contributed by atoms with van der Waals surface area (Å²) in [5.74, 6) is 1.42. The van der Waals surface area contributed by atoms with Crippen molar-refractivity contribution in [1.82, 2.24) is 0 Å². The molecule has 1 aromatic rings. The summed E-state index contributed by atoms with van der Waals surface area (Å²) < 4.78 is 0. The van der Waals surface area contributed by atoms with Gasteiger partial charge in [-0.1, -0.05) is 47.1 Å². The van der Waals surface area contributed by atoms with Crippen LogP contribution in [0.3, 0.4) is 0 Å². The molecule has 0 amide bonds. The zero-order valence-electron chi connectivity index (χ0n) is 24.0. The maximum Gasteiger partial charge on any atom is 0.163 e. The van der Waals surface area contributed by atoms with Gasteiger partial charge in [-0.25, -0.2) is 0 Å². The minimum atomic E-state index is -0.140. The molecule has 4 heteroatoms. The summed E-state index contributed by atoms with van der Waals surface area (Å²) in [7, 11) is 0. The molecule has 0 bridgehead atoms. The molecule has 0 aromatic heterocycles. The molecule has 4 unspecified atom stereocenters. The highest BCUT2D eigenvalue weighted by molar-refractivity contribution is 6.01. The minimum absolute atomic E-state index is 0.0121. The Morgan fingerprint density at radius 2 is 1.61 bits per heavy atom. The number of rotatable bonds is 14. The van der Waals surface area contributed by atoms with Crippen LogP contribution >= 0.6 is 0 Å². The largest absolute Gasteiger partial charge is 0.300 e.